The average Bonchev–Trinajstić information content (AvgIpc) is 2.17. The van der Waals surface area contributed by atoms with E-state index in [0.717, 1.165) is 6.26 Å². The maximum absolute atomic E-state index is 8.25. The van der Waals surface area contributed by atoms with E-state index < -0.39 is 0 Å². The number of anilines is 1. The van der Waals surface area contributed by atoms with Gasteiger partial charge in [0.2, 0.25) is 0 Å². The molecule has 0 fully saturated rings. The third kappa shape index (κ3) is 1.25. The highest BCUT2D eigenvalue weighted by atomic mass is 16.3. The molecule has 0 aliphatic carbocycles. The van der Waals surface area contributed by atoms with Crippen LogP contribution in [0.4, 0.5) is 5.69 Å². The van der Waals surface area contributed by atoms with Crippen molar-refractivity contribution in [2.75, 3.05) is 5.73 Å². The number of aliphatic hydroxyl groups is 1. The summed E-state index contributed by atoms with van der Waals surface area (Å²) in [5.74, 6) is 0.551. The fourth-order valence-electron chi connectivity index (χ4n) is 0.529. The molecule has 0 atom stereocenters. The predicted molar refractivity (Wildman–Crippen MR) is 34.8 cm³/mol. The molecule has 0 unspecified atom stereocenters. The molecule has 9 heavy (non-hydrogen) atoms. The highest BCUT2D eigenvalue weighted by Crippen LogP contribution is 2.09. The second-order valence-electron chi connectivity index (χ2n) is 1.60. The van der Waals surface area contributed by atoms with E-state index in [0.29, 0.717) is 11.4 Å². The molecule has 0 saturated carbocycles. The summed E-state index contributed by atoms with van der Waals surface area (Å²) in [7, 11) is 0. The molecule has 3 nitrogen and oxygen atoms in total. The lowest BCUT2D eigenvalue weighted by molar-refractivity contribution is 0.475. The van der Waals surface area contributed by atoms with E-state index in [4.69, 9.17) is 15.3 Å². The van der Waals surface area contributed by atoms with E-state index in [-0.39, 0.29) is 0 Å². The zero-order valence-corrected chi connectivity index (χ0v) is 4.74. The average molecular weight is 125 g/mol. The van der Waals surface area contributed by atoms with Crippen LogP contribution in [0, 0.1) is 0 Å². The van der Waals surface area contributed by atoms with Gasteiger partial charge in [0.1, 0.15) is 12.0 Å². The first-order valence-electron chi connectivity index (χ1n) is 2.47. The summed E-state index contributed by atoms with van der Waals surface area (Å²) < 4.78 is 4.83. The fraction of sp³-hybridized carbons (Fsp3) is 0. The number of nitrogens with two attached hydrogens (primary N) is 1. The lowest BCUT2D eigenvalue weighted by Gasteiger charge is -1.75. The fourth-order valence-corrected chi connectivity index (χ4v) is 0.529. The Hall–Kier alpha value is -1.38. The first-order valence-corrected chi connectivity index (χ1v) is 2.47. The third-order valence-corrected chi connectivity index (χ3v) is 0.879. The molecule has 3 heteroatoms. The van der Waals surface area contributed by atoms with E-state index in [2.05, 4.69) is 0 Å². The van der Waals surface area contributed by atoms with E-state index in [1.807, 2.05) is 0 Å². The molecule has 0 radical (unpaired) electrons. The van der Waals surface area contributed by atoms with Crippen LogP contribution in [0.1, 0.15) is 5.76 Å². The molecule has 0 aliphatic rings. The van der Waals surface area contributed by atoms with Crippen molar-refractivity contribution in [2.45, 2.75) is 0 Å². The Kier molecular flexibility index (Phi) is 1.44. The molecule has 1 aromatic heterocycles. The number of furan rings is 1. The van der Waals surface area contributed by atoms with Gasteiger partial charge < -0.3 is 15.3 Å². The number of hydrogen-bond acceptors (Lipinski definition) is 3. The summed E-state index contributed by atoms with van der Waals surface area (Å²) in [4.78, 5) is 0. The summed E-state index contributed by atoms with van der Waals surface area (Å²) in [6, 6.07) is 1.62. The van der Waals surface area contributed by atoms with Gasteiger partial charge in [-0.3, -0.25) is 0 Å². The minimum Gasteiger partial charge on any atom is -0.515 e. The van der Waals surface area contributed by atoms with Crippen LogP contribution in [-0.4, -0.2) is 5.11 Å². The highest BCUT2D eigenvalue weighted by Gasteiger charge is 1.90. The number of hydrogen-bond donors (Lipinski definition) is 2. The van der Waals surface area contributed by atoms with Crippen molar-refractivity contribution in [1.82, 2.24) is 0 Å². The molecule has 1 heterocycles. The maximum atomic E-state index is 8.25. The van der Waals surface area contributed by atoms with E-state index in [9.17, 15) is 0 Å². The molecule has 0 bridgehead atoms. The van der Waals surface area contributed by atoms with E-state index >= 15 is 0 Å². The van der Waals surface area contributed by atoms with Gasteiger partial charge >= 0.3 is 0 Å². The van der Waals surface area contributed by atoms with Crippen molar-refractivity contribution < 1.29 is 9.52 Å². The van der Waals surface area contributed by atoms with Crippen LogP contribution >= 0.6 is 0 Å². The molecule has 0 aliphatic heterocycles. The van der Waals surface area contributed by atoms with Crippen LogP contribution in [0.3, 0.4) is 0 Å². The smallest absolute Gasteiger partial charge is 0.131 e. The highest BCUT2D eigenvalue weighted by molar-refractivity contribution is 5.48. The molecule has 0 amide bonds. The molecular formula is C6H7NO2. The summed E-state index contributed by atoms with van der Waals surface area (Å²) in [5.41, 5.74) is 5.86. The summed E-state index contributed by atoms with van der Waals surface area (Å²) >= 11 is 0. The molecule has 0 aromatic carbocycles. The standard InChI is InChI=1S/C6H7NO2/c7-5-3-6(1-2-8)9-4-5/h1-4,8H,7H2/b2-1+. The van der Waals surface area contributed by atoms with Gasteiger partial charge in [-0.1, -0.05) is 0 Å². The monoisotopic (exact) mass is 125 g/mol. The molecule has 1 rings (SSSR count). The van der Waals surface area contributed by atoms with Gasteiger partial charge in [-0.15, -0.1) is 0 Å². The molecule has 0 saturated heterocycles. The van der Waals surface area contributed by atoms with Crippen LogP contribution in [-0.2, 0) is 0 Å². The second kappa shape index (κ2) is 2.26. The van der Waals surface area contributed by atoms with Gasteiger partial charge in [0.25, 0.3) is 0 Å². The first kappa shape index (κ1) is 5.75. The summed E-state index contributed by atoms with van der Waals surface area (Å²) in [6.45, 7) is 0. The predicted octanol–water partition coefficient (Wildman–Crippen LogP) is 1.39. The van der Waals surface area contributed by atoms with Crippen molar-refractivity contribution in [3.8, 4) is 0 Å². The molecule has 48 valence electrons. The maximum Gasteiger partial charge on any atom is 0.131 e. The normalized spacial score (nSPS) is 10.7. The Morgan fingerprint density at radius 1 is 1.67 bits per heavy atom. The Bertz CT molecular complexity index is 215. The topological polar surface area (TPSA) is 59.4 Å². The molecule has 3 N–H and O–H groups in total. The van der Waals surface area contributed by atoms with Crippen molar-refractivity contribution in [3.05, 3.63) is 24.4 Å². The Morgan fingerprint density at radius 2 is 2.44 bits per heavy atom. The van der Waals surface area contributed by atoms with Crippen molar-refractivity contribution >= 4 is 11.8 Å². The zero-order valence-electron chi connectivity index (χ0n) is 4.74. The second-order valence-corrected chi connectivity index (χ2v) is 1.60. The van der Waals surface area contributed by atoms with Gasteiger partial charge in [0.15, 0.2) is 0 Å². The SMILES string of the molecule is Nc1coc(/C=C/O)c1. The van der Waals surface area contributed by atoms with Crippen LogP contribution in [0.2, 0.25) is 0 Å². The van der Waals surface area contributed by atoms with Crippen LogP contribution < -0.4 is 5.73 Å². The quantitative estimate of drug-likeness (QED) is 0.557. The van der Waals surface area contributed by atoms with Gasteiger partial charge in [0, 0.05) is 12.1 Å². The van der Waals surface area contributed by atoms with Crippen molar-refractivity contribution in [1.29, 1.82) is 0 Å². The lowest BCUT2D eigenvalue weighted by Crippen LogP contribution is -1.75. The largest absolute Gasteiger partial charge is 0.515 e. The number of rotatable bonds is 1. The minimum absolute atomic E-state index is 0.551. The van der Waals surface area contributed by atoms with Gasteiger partial charge in [-0.2, -0.15) is 0 Å². The van der Waals surface area contributed by atoms with E-state index in [1.54, 1.807) is 6.07 Å². The van der Waals surface area contributed by atoms with Gasteiger partial charge in [-0.25, -0.2) is 0 Å². The van der Waals surface area contributed by atoms with E-state index in [1.165, 1.54) is 12.3 Å². The van der Waals surface area contributed by atoms with Crippen LogP contribution in [0.5, 0.6) is 0 Å². The van der Waals surface area contributed by atoms with Gasteiger partial charge in [0.05, 0.1) is 11.9 Å². The summed E-state index contributed by atoms with van der Waals surface area (Å²) in [6.07, 6.45) is 3.73. The molecule has 0 spiro atoms. The lowest BCUT2D eigenvalue weighted by atomic mass is 10.4. The van der Waals surface area contributed by atoms with Crippen molar-refractivity contribution in [3.63, 3.8) is 0 Å². The first-order chi connectivity index (χ1) is 4.33. The van der Waals surface area contributed by atoms with Crippen LogP contribution in [0.25, 0.3) is 6.08 Å². The zero-order chi connectivity index (χ0) is 6.69. The molecule has 1 aromatic rings. The Morgan fingerprint density at radius 3 is 2.89 bits per heavy atom. The number of aliphatic hydroxyl groups excluding tert-OH is 1. The van der Waals surface area contributed by atoms with Crippen molar-refractivity contribution in [2.24, 2.45) is 0 Å². The number of nitrogen functional groups attached to an aromatic ring is 1. The Labute approximate surface area is 52.4 Å². The van der Waals surface area contributed by atoms with Crippen LogP contribution in [0.15, 0.2) is 23.0 Å². The minimum atomic E-state index is 0.551. The Balaban J connectivity index is 2.85. The van der Waals surface area contributed by atoms with Gasteiger partial charge in [-0.05, 0) is 0 Å². The molecular weight excluding hydrogens is 118 g/mol. The summed E-state index contributed by atoms with van der Waals surface area (Å²) in [5, 5.41) is 8.25. The third-order valence-electron chi connectivity index (χ3n) is 0.879.